The third-order valence-corrected chi connectivity index (χ3v) is 2.89. The SMILES string of the molecule is CCOc1ccc(Br)cc1NCCCCCO. The van der Waals surface area contributed by atoms with Crippen LogP contribution in [0.2, 0.25) is 0 Å². The second-order valence-corrected chi connectivity index (χ2v) is 4.70. The minimum absolute atomic E-state index is 0.279. The lowest BCUT2D eigenvalue weighted by atomic mass is 10.2. The molecule has 0 bridgehead atoms. The van der Waals surface area contributed by atoms with Gasteiger partial charge in [0.2, 0.25) is 0 Å². The third kappa shape index (κ3) is 5.41. The maximum absolute atomic E-state index is 8.69. The highest BCUT2D eigenvalue weighted by Crippen LogP contribution is 2.28. The number of hydrogen-bond acceptors (Lipinski definition) is 3. The van der Waals surface area contributed by atoms with Gasteiger partial charge >= 0.3 is 0 Å². The Hall–Kier alpha value is -0.740. The molecule has 0 aliphatic rings. The van der Waals surface area contributed by atoms with Crippen molar-refractivity contribution < 1.29 is 9.84 Å². The van der Waals surface area contributed by atoms with Crippen LogP contribution >= 0.6 is 15.9 Å². The fourth-order valence-corrected chi connectivity index (χ4v) is 1.92. The van der Waals surface area contributed by atoms with Gasteiger partial charge in [0.25, 0.3) is 0 Å². The minimum Gasteiger partial charge on any atom is -0.492 e. The molecule has 0 aliphatic heterocycles. The van der Waals surface area contributed by atoms with Gasteiger partial charge in [0.05, 0.1) is 12.3 Å². The van der Waals surface area contributed by atoms with Crippen LogP contribution in [0.4, 0.5) is 5.69 Å². The van der Waals surface area contributed by atoms with Gasteiger partial charge in [0.1, 0.15) is 5.75 Å². The summed E-state index contributed by atoms with van der Waals surface area (Å²) < 4.78 is 6.59. The van der Waals surface area contributed by atoms with E-state index in [-0.39, 0.29) is 6.61 Å². The van der Waals surface area contributed by atoms with Crippen LogP contribution in [0.5, 0.6) is 5.75 Å². The van der Waals surface area contributed by atoms with Crippen molar-refractivity contribution in [1.29, 1.82) is 0 Å². The second-order valence-electron chi connectivity index (χ2n) is 3.78. The molecule has 0 aromatic heterocycles. The lowest BCUT2D eigenvalue weighted by Gasteiger charge is -2.12. The molecule has 0 atom stereocenters. The first kappa shape index (κ1) is 14.3. The van der Waals surface area contributed by atoms with E-state index >= 15 is 0 Å². The number of hydrogen-bond donors (Lipinski definition) is 2. The maximum Gasteiger partial charge on any atom is 0.142 e. The molecule has 0 unspecified atom stereocenters. The number of anilines is 1. The standard InChI is InChI=1S/C13H20BrNO2/c1-2-17-13-7-6-11(14)10-12(13)15-8-4-3-5-9-16/h6-7,10,15-16H,2-5,8-9H2,1H3. The summed E-state index contributed by atoms with van der Waals surface area (Å²) in [6.07, 6.45) is 2.97. The Morgan fingerprint density at radius 1 is 1.29 bits per heavy atom. The van der Waals surface area contributed by atoms with E-state index in [0.29, 0.717) is 6.61 Å². The second kappa shape index (κ2) is 8.37. The van der Waals surface area contributed by atoms with Gasteiger partial charge in [0, 0.05) is 17.6 Å². The first-order chi connectivity index (χ1) is 8.27. The van der Waals surface area contributed by atoms with Crippen molar-refractivity contribution >= 4 is 21.6 Å². The molecule has 3 nitrogen and oxygen atoms in total. The maximum atomic E-state index is 8.69. The van der Waals surface area contributed by atoms with Crippen LogP contribution in [-0.4, -0.2) is 24.9 Å². The van der Waals surface area contributed by atoms with Crippen LogP contribution in [0.3, 0.4) is 0 Å². The highest BCUT2D eigenvalue weighted by molar-refractivity contribution is 9.10. The molecule has 0 spiro atoms. The largest absolute Gasteiger partial charge is 0.492 e. The molecule has 96 valence electrons. The van der Waals surface area contributed by atoms with E-state index in [4.69, 9.17) is 9.84 Å². The average Bonchev–Trinajstić information content (AvgIpc) is 2.32. The minimum atomic E-state index is 0.279. The van der Waals surface area contributed by atoms with Crippen molar-refractivity contribution in [2.75, 3.05) is 25.1 Å². The van der Waals surface area contributed by atoms with Crippen molar-refractivity contribution in [2.24, 2.45) is 0 Å². The van der Waals surface area contributed by atoms with Crippen LogP contribution in [-0.2, 0) is 0 Å². The zero-order valence-electron chi connectivity index (χ0n) is 10.2. The normalized spacial score (nSPS) is 10.3. The number of rotatable bonds is 8. The monoisotopic (exact) mass is 301 g/mol. The number of ether oxygens (including phenoxy) is 1. The average molecular weight is 302 g/mol. The summed E-state index contributed by atoms with van der Waals surface area (Å²) in [5.41, 5.74) is 1.02. The van der Waals surface area contributed by atoms with Gasteiger partial charge in [-0.3, -0.25) is 0 Å². The van der Waals surface area contributed by atoms with Gasteiger partial charge in [-0.1, -0.05) is 15.9 Å². The summed E-state index contributed by atoms with van der Waals surface area (Å²) in [5, 5.41) is 12.0. The Morgan fingerprint density at radius 3 is 2.82 bits per heavy atom. The van der Waals surface area contributed by atoms with Crippen molar-refractivity contribution in [3.8, 4) is 5.75 Å². The van der Waals surface area contributed by atoms with Gasteiger partial charge in [-0.25, -0.2) is 0 Å². The van der Waals surface area contributed by atoms with Crippen LogP contribution < -0.4 is 10.1 Å². The van der Waals surface area contributed by atoms with Gasteiger partial charge in [-0.2, -0.15) is 0 Å². The molecule has 0 radical (unpaired) electrons. The topological polar surface area (TPSA) is 41.5 Å². The third-order valence-electron chi connectivity index (χ3n) is 2.39. The molecular formula is C13H20BrNO2. The molecule has 0 fully saturated rings. The fraction of sp³-hybridized carbons (Fsp3) is 0.538. The molecule has 0 amide bonds. The molecule has 0 aliphatic carbocycles. The summed E-state index contributed by atoms with van der Waals surface area (Å²) in [7, 11) is 0. The zero-order chi connectivity index (χ0) is 12.5. The zero-order valence-corrected chi connectivity index (χ0v) is 11.8. The first-order valence-corrected chi connectivity index (χ1v) is 6.84. The summed E-state index contributed by atoms with van der Waals surface area (Å²) in [6.45, 7) is 3.82. The molecule has 0 saturated carbocycles. The van der Waals surface area contributed by atoms with E-state index in [2.05, 4.69) is 21.2 Å². The fourth-order valence-electron chi connectivity index (χ4n) is 1.56. The van der Waals surface area contributed by atoms with Gasteiger partial charge in [0.15, 0.2) is 0 Å². The molecular weight excluding hydrogens is 282 g/mol. The predicted molar refractivity (Wildman–Crippen MR) is 74.7 cm³/mol. The van der Waals surface area contributed by atoms with Crippen LogP contribution in [0.15, 0.2) is 22.7 Å². The molecule has 1 aromatic rings. The van der Waals surface area contributed by atoms with Crippen molar-refractivity contribution in [1.82, 2.24) is 0 Å². The first-order valence-electron chi connectivity index (χ1n) is 6.05. The Balaban J connectivity index is 2.47. The Labute approximate surface area is 111 Å². The molecule has 1 rings (SSSR count). The van der Waals surface area contributed by atoms with E-state index in [1.54, 1.807) is 0 Å². The van der Waals surface area contributed by atoms with Crippen molar-refractivity contribution in [3.63, 3.8) is 0 Å². The van der Waals surface area contributed by atoms with E-state index in [1.807, 2.05) is 25.1 Å². The smallest absolute Gasteiger partial charge is 0.142 e. The van der Waals surface area contributed by atoms with Gasteiger partial charge < -0.3 is 15.2 Å². The lowest BCUT2D eigenvalue weighted by Crippen LogP contribution is -2.04. The van der Waals surface area contributed by atoms with Crippen molar-refractivity contribution in [3.05, 3.63) is 22.7 Å². The van der Waals surface area contributed by atoms with Crippen molar-refractivity contribution in [2.45, 2.75) is 26.2 Å². The highest BCUT2D eigenvalue weighted by Gasteiger charge is 2.03. The van der Waals surface area contributed by atoms with Gasteiger partial charge in [-0.05, 0) is 44.4 Å². The van der Waals surface area contributed by atoms with E-state index in [9.17, 15) is 0 Å². The summed E-state index contributed by atoms with van der Waals surface area (Å²) >= 11 is 3.45. The van der Waals surface area contributed by atoms with Gasteiger partial charge in [-0.15, -0.1) is 0 Å². The summed E-state index contributed by atoms with van der Waals surface area (Å²) in [5.74, 6) is 0.887. The number of nitrogens with one attached hydrogen (secondary N) is 1. The number of aliphatic hydroxyl groups is 1. The Kier molecular flexibility index (Phi) is 7.05. The highest BCUT2D eigenvalue weighted by atomic mass is 79.9. The number of halogens is 1. The Bertz CT molecular complexity index is 331. The number of aliphatic hydroxyl groups excluding tert-OH is 1. The number of unbranched alkanes of at least 4 members (excludes halogenated alkanes) is 2. The molecule has 0 saturated heterocycles. The van der Waals surface area contributed by atoms with E-state index in [1.165, 1.54) is 0 Å². The predicted octanol–water partition coefficient (Wildman–Crippen LogP) is 3.42. The molecule has 0 heterocycles. The van der Waals surface area contributed by atoms with Crippen LogP contribution in [0, 0.1) is 0 Å². The summed E-state index contributed by atoms with van der Waals surface area (Å²) in [6, 6.07) is 5.96. The lowest BCUT2D eigenvalue weighted by molar-refractivity contribution is 0.283. The molecule has 17 heavy (non-hydrogen) atoms. The molecule has 1 aromatic carbocycles. The summed E-state index contributed by atoms with van der Waals surface area (Å²) in [4.78, 5) is 0. The Morgan fingerprint density at radius 2 is 2.12 bits per heavy atom. The van der Waals surface area contributed by atoms with Crippen LogP contribution in [0.25, 0.3) is 0 Å². The van der Waals surface area contributed by atoms with Crippen LogP contribution in [0.1, 0.15) is 26.2 Å². The molecule has 2 N–H and O–H groups in total. The molecule has 4 heteroatoms. The van der Waals surface area contributed by atoms with E-state index < -0.39 is 0 Å². The quantitative estimate of drug-likeness (QED) is 0.723. The number of benzene rings is 1. The van der Waals surface area contributed by atoms with E-state index in [0.717, 1.165) is 41.7 Å².